The van der Waals surface area contributed by atoms with Gasteiger partial charge in [-0.3, -0.25) is 9.59 Å². The summed E-state index contributed by atoms with van der Waals surface area (Å²) < 4.78 is 7.30. The predicted octanol–water partition coefficient (Wildman–Crippen LogP) is 1.93. The van der Waals surface area contributed by atoms with Gasteiger partial charge in [-0.15, -0.1) is 0 Å². The lowest BCUT2D eigenvalue weighted by Gasteiger charge is -2.64. The number of ether oxygens (including phenoxy) is 1. The third-order valence-electron chi connectivity index (χ3n) is 5.58. The minimum atomic E-state index is 0.0113. The van der Waals surface area contributed by atoms with E-state index in [-0.39, 0.29) is 28.3 Å². The summed E-state index contributed by atoms with van der Waals surface area (Å²) in [4.78, 5) is 23.9. The van der Waals surface area contributed by atoms with Crippen LogP contribution in [0.2, 0.25) is 0 Å². The number of methoxy groups -OCH3 is 1. The first kappa shape index (κ1) is 15.7. The van der Waals surface area contributed by atoms with Gasteiger partial charge in [-0.05, 0) is 19.8 Å². The molecule has 1 heterocycles. The summed E-state index contributed by atoms with van der Waals surface area (Å²) in [6, 6.07) is 0.221. The van der Waals surface area contributed by atoms with Crippen molar-refractivity contribution in [1.29, 1.82) is 0 Å². The van der Waals surface area contributed by atoms with Gasteiger partial charge in [0, 0.05) is 48.5 Å². The van der Waals surface area contributed by atoms with Crippen molar-refractivity contribution < 1.29 is 9.53 Å². The van der Waals surface area contributed by atoms with Crippen molar-refractivity contribution >= 4 is 17.2 Å². The first-order valence-corrected chi connectivity index (χ1v) is 8.84. The smallest absolute Gasteiger partial charge is 0.307 e. The molecule has 5 nitrogen and oxygen atoms in total. The highest BCUT2D eigenvalue weighted by Gasteiger charge is 2.63. The molecular formula is C16H24N2O3S. The zero-order valence-corrected chi connectivity index (χ0v) is 14.2. The number of thiazole rings is 1. The van der Waals surface area contributed by atoms with E-state index in [9.17, 15) is 9.59 Å². The average Bonchev–Trinajstić information content (AvgIpc) is 2.76. The van der Waals surface area contributed by atoms with Crippen LogP contribution in [0.4, 0.5) is 0 Å². The Morgan fingerprint density at radius 2 is 2.27 bits per heavy atom. The maximum absolute atomic E-state index is 12.3. The number of nitrogens with zero attached hydrogens (tertiary/aromatic N) is 1. The lowest BCUT2D eigenvalue weighted by molar-refractivity contribution is -0.202. The van der Waals surface area contributed by atoms with Crippen LogP contribution in [0.3, 0.4) is 0 Å². The molecule has 0 radical (unpaired) electrons. The van der Waals surface area contributed by atoms with Gasteiger partial charge in [-0.2, -0.15) is 0 Å². The fourth-order valence-corrected chi connectivity index (χ4v) is 5.08. The molecule has 1 spiro atoms. The molecule has 1 aromatic rings. The Hall–Kier alpha value is -1.14. The second kappa shape index (κ2) is 5.81. The SMILES string of the molecule is CO[C@@H]1[C@@H](C)[C@@H](NC(=O)CCn2c(C)csc2=O)C12CCC2. The van der Waals surface area contributed by atoms with Gasteiger partial charge >= 0.3 is 4.87 Å². The zero-order chi connectivity index (χ0) is 15.9. The molecule has 0 unspecified atom stereocenters. The number of aromatic nitrogens is 1. The highest BCUT2D eigenvalue weighted by molar-refractivity contribution is 7.07. The van der Waals surface area contributed by atoms with E-state index in [0.717, 1.165) is 18.5 Å². The van der Waals surface area contributed by atoms with Gasteiger partial charge in [0.15, 0.2) is 0 Å². The van der Waals surface area contributed by atoms with Crippen LogP contribution in [-0.2, 0) is 16.1 Å². The number of hydrogen-bond acceptors (Lipinski definition) is 4. The summed E-state index contributed by atoms with van der Waals surface area (Å²) >= 11 is 1.19. The van der Waals surface area contributed by atoms with Crippen molar-refractivity contribution in [2.75, 3.05) is 7.11 Å². The van der Waals surface area contributed by atoms with Gasteiger partial charge < -0.3 is 14.6 Å². The molecule has 0 saturated heterocycles. The maximum Gasteiger partial charge on any atom is 0.307 e. The van der Waals surface area contributed by atoms with Crippen LogP contribution in [0.5, 0.6) is 0 Å². The van der Waals surface area contributed by atoms with Crippen molar-refractivity contribution in [3.8, 4) is 0 Å². The minimum absolute atomic E-state index is 0.0113. The standard InChI is InChI=1S/C16H24N2O3S/c1-10-9-22-15(20)18(10)8-5-12(19)17-13-11(2)14(21-3)16(13)6-4-7-16/h9,11,13-14H,4-8H2,1-3H3,(H,17,19)/t11-,13+,14+/m0/s1. The van der Waals surface area contributed by atoms with Crippen molar-refractivity contribution in [3.05, 3.63) is 20.7 Å². The second-order valence-electron chi connectivity index (χ2n) is 6.69. The number of carbonyl (C=O) groups is 1. The third-order valence-corrected chi connectivity index (χ3v) is 6.46. The quantitative estimate of drug-likeness (QED) is 0.900. The highest BCUT2D eigenvalue weighted by atomic mass is 32.1. The minimum Gasteiger partial charge on any atom is -0.380 e. The van der Waals surface area contributed by atoms with Crippen LogP contribution in [0, 0.1) is 18.3 Å². The molecule has 6 heteroatoms. The van der Waals surface area contributed by atoms with E-state index in [4.69, 9.17) is 4.74 Å². The fraction of sp³-hybridized carbons (Fsp3) is 0.750. The van der Waals surface area contributed by atoms with E-state index < -0.39 is 0 Å². The van der Waals surface area contributed by atoms with Gasteiger partial charge in [-0.1, -0.05) is 24.7 Å². The van der Waals surface area contributed by atoms with E-state index in [1.807, 2.05) is 12.3 Å². The predicted molar refractivity (Wildman–Crippen MR) is 86.1 cm³/mol. The largest absolute Gasteiger partial charge is 0.380 e. The van der Waals surface area contributed by atoms with E-state index in [2.05, 4.69) is 12.2 Å². The van der Waals surface area contributed by atoms with E-state index >= 15 is 0 Å². The van der Waals surface area contributed by atoms with Crippen molar-refractivity contribution in [1.82, 2.24) is 9.88 Å². The first-order chi connectivity index (χ1) is 10.5. The Kier molecular flexibility index (Phi) is 4.16. The molecule has 0 bridgehead atoms. The van der Waals surface area contributed by atoms with E-state index in [0.29, 0.717) is 18.9 Å². The molecule has 3 atom stereocenters. The van der Waals surface area contributed by atoms with Crippen LogP contribution in [0.1, 0.15) is 38.3 Å². The van der Waals surface area contributed by atoms with Gasteiger partial charge in [0.1, 0.15) is 0 Å². The Labute approximate surface area is 134 Å². The Bertz CT molecular complexity index is 617. The van der Waals surface area contributed by atoms with Crippen LogP contribution < -0.4 is 10.2 Å². The Morgan fingerprint density at radius 3 is 2.77 bits per heavy atom. The molecule has 1 amide bonds. The van der Waals surface area contributed by atoms with E-state index in [1.165, 1.54) is 17.8 Å². The van der Waals surface area contributed by atoms with Crippen molar-refractivity contribution in [2.45, 2.75) is 58.2 Å². The van der Waals surface area contributed by atoms with Crippen molar-refractivity contribution in [3.63, 3.8) is 0 Å². The van der Waals surface area contributed by atoms with Gasteiger partial charge in [0.25, 0.3) is 0 Å². The fourth-order valence-electron chi connectivity index (χ4n) is 4.32. The number of amides is 1. The normalized spacial score (nSPS) is 29.0. The molecule has 1 N–H and O–H groups in total. The molecule has 2 fully saturated rings. The number of aryl methyl sites for hydroxylation is 1. The van der Waals surface area contributed by atoms with E-state index in [1.54, 1.807) is 11.7 Å². The molecule has 2 saturated carbocycles. The average molecular weight is 324 g/mol. The topological polar surface area (TPSA) is 60.3 Å². The van der Waals surface area contributed by atoms with Gasteiger partial charge in [-0.25, -0.2) is 0 Å². The molecular weight excluding hydrogens is 300 g/mol. The van der Waals surface area contributed by atoms with Crippen LogP contribution in [-0.4, -0.2) is 29.7 Å². The Morgan fingerprint density at radius 1 is 1.55 bits per heavy atom. The Balaban J connectivity index is 1.57. The summed E-state index contributed by atoms with van der Waals surface area (Å²) in [6.45, 7) is 4.51. The highest BCUT2D eigenvalue weighted by Crippen LogP contribution is 2.59. The summed E-state index contributed by atoms with van der Waals surface area (Å²) in [5, 5.41) is 5.03. The molecule has 0 aromatic carbocycles. The van der Waals surface area contributed by atoms with Gasteiger partial charge in [0.05, 0.1) is 6.10 Å². The molecule has 2 aliphatic carbocycles. The van der Waals surface area contributed by atoms with Crippen LogP contribution in [0.15, 0.2) is 10.2 Å². The molecule has 22 heavy (non-hydrogen) atoms. The lowest BCUT2D eigenvalue weighted by atomic mass is 9.46. The molecule has 2 aliphatic rings. The summed E-state index contributed by atoms with van der Waals surface area (Å²) in [7, 11) is 1.77. The van der Waals surface area contributed by atoms with Crippen LogP contribution in [0.25, 0.3) is 0 Å². The van der Waals surface area contributed by atoms with Crippen LogP contribution >= 0.6 is 11.3 Å². The summed E-state index contributed by atoms with van der Waals surface area (Å²) in [6.07, 6.45) is 4.14. The zero-order valence-electron chi connectivity index (χ0n) is 13.4. The maximum atomic E-state index is 12.3. The lowest BCUT2D eigenvalue weighted by Crippen LogP contribution is -2.72. The number of hydrogen-bond donors (Lipinski definition) is 1. The third kappa shape index (κ3) is 2.33. The summed E-state index contributed by atoms with van der Waals surface area (Å²) in [5.41, 5.74) is 1.09. The second-order valence-corrected chi connectivity index (χ2v) is 7.51. The number of carbonyl (C=O) groups excluding carboxylic acids is 1. The number of nitrogens with one attached hydrogen (secondary N) is 1. The summed E-state index contributed by atoms with van der Waals surface area (Å²) in [5.74, 6) is 0.398. The first-order valence-electron chi connectivity index (χ1n) is 7.96. The molecule has 1 aromatic heterocycles. The molecule has 3 rings (SSSR count). The van der Waals surface area contributed by atoms with Gasteiger partial charge in [0.2, 0.25) is 5.91 Å². The van der Waals surface area contributed by atoms with Crippen molar-refractivity contribution in [2.24, 2.45) is 11.3 Å². The molecule has 0 aliphatic heterocycles. The molecule has 122 valence electrons. The number of rotatable bonds is 5. The monoisotopic (exact) mass is 324 g/mol.